The Morgan fingerprint density at radius 1 is 1.67 bits per heavy atom. The van der Waals surface area contributed by atoms with Crippen LogP contribution in [0.3, 0.4) is 0 Å². The molecule has 0 saturated heterocycles. The molecule has 9 heavy (non-hydrogen) atoms. The Hall–Kier alpha value is -0.147. The molecule has 1 rings (SSSR count). The zero-order valence-corrected chi connectivity index (χ0v) is 8.55. The minimum atomic E-state index is 0. The van der Waals surface area contributed by atoms with Crippen LogP contribution in [0.2, 0.25) is 0 Å². The van der Waals surface area contributed by atoms with E-state index in [0.717, 1.165) is 0 Å². The van der Waals surface area contributed by atoms with E-state index in [0.29, 0.717) is 4.73 Å². The molecule has 0 saturated carbocycles. The van der Waals surface area contributed by atoms with E-state index in [-0.39, 0.29) is 24.6 Å². The zero-order chi connectivity index (χ0) is 5.98. The number of hydrogen-bond donors (Lipinski definition) is 1. The first kappa shape index (κ1) is 8.85. The molecule has 0 unspecified atom stereocenters. The molecular formula is C4H4N2OSZn+2. The van der Waals surface area contributed by atoms with Crippen molar-refractivity contribution >= 4 is 12.6 Å². The molecule has 1 aromatic rings. The van der Waals surface area contributed by atoms with Gasteiger partial charge in [0.15, 0.2) is 0 Å². The van der Waals surface area contributed by atoms with E-state index in [1.54, 1.807) is 6.07 Å². The fourth-order valence-corrected chi connectivity index (χ4v) is 0.483. The average molecular weight is 194 g/mol. The van der Waals surface area contributed by atoms with Crippen molar-refractivity contribution in [3.63, 3.8) is 0 Å². The quantitative estimate of drug-likeness (QED) is 0.207. The molecule has 3 nitrogen and oxygen atoms in total. The van der Waals surface area contributed by atoms with Gasteiger partial charge < -0.3 is 5.21 Å². The van der Waals surface area contributed by atoms with Crippen LogP contribution in [0, 0.1) is 5.21 Å². The average Bonchev–Trinajstić information content (AvgIpc) is 1.77. The van der Waals surface area contributed by atoms with Gasteiger partial charge in [0.25, 0.3) is 0 Å². The van der Waals surface area contributed by atoms with Crippen LogP contribution in [0.5, 0.6) is 0 Å². The molecule has 0 radical (unpaired) electrons. The van der Waals surface area contributed by atoms with Crippen molar-refractivity contribution in [3.05, 3.63) is 23.7 Å². The van der Waals surface area contributed by atoms with E-state index < -0.39 is 0 Å². The van der Waals surface area contributed by atoms with Gasteiger partial charge in [-0.3, -0.25) is 0 Å². The fraction of sp³-hybridized carbons (Fsp3) is 0. The summed E-state index contributed by atoms with van der Waals surface area (Å²) in [7, 11) is 0. The molecule has 0 amide bonds. The molecule has 0 aromatic carbocycles. The normalized spacial score (nSPS) is 8.11. The van der Waals surface area contributed by atoms with Crippen LogP contribution in [0.15, 0.2) is 23.6 Å². The van der Waals surface area contributed by atoms with Crippen LogP contribution in [-0.4, -0.2) is 4.98 Å². The van der Waals surface area contributed by atoms with Gasteiger partial charge in [-0.1, -0.05) is 12.6 Å². The third-order valence-electron chi connectivity index (χ3n) is 0.695. The van der Waals surface area contributed by atoms with Gasteiger partial charge in [-0.05, 0) is 4.98 Å². The number of thiol groups is 1. The summed E-state index contributed by atoms with van der Waals surface area (Å²) in [5, 5.41) is 10.6. The van der Waals surface area contributed by atoms with Crippen molar-refractivity contribution in [2.45, 2.75) is 5.16 Å². The van der Waals surface area contributed by atoms with E-state index in [9.17, 15) is 5.21 Å². The van der Waals surface area contributed by atoms with E-state index in [2.05, 4.69) is 17.6 Å². The maximum Gasteiger partial charge on any atom is 2.00 e. The molecule has 1 heterocycles. The second-order valence-electron chi connectivity index (χ2n) is 1.25. The van der Waals surface area contributed by atoms with Crippen molar-refractivity contribution in [2.24, 2.45) is 0 Å². The summed E-state index contributed by atoms with van der Waals surface area (Å²) >= 11 is 3.74. The molecule has 0 aliphatic carbocycles. The van der Waals surface area contributed by atoms with Gasteiger partial charge in [-0.2, -0.15) is 0 Å². The molecule has 42 valence electrons. The van der Waals surface area contributed by atoms with E-state index in [1.165, 1.54) is 12.4 Å². The van der Waals surface area contributed by atoms with Crippen molar-refractivity contribution < 1.29 is 24.2 Å². The van der Waals surface area contributed by atoms with Crippen LogP contribution in [0.25, 0.3) is 0 Å². The monoisotopic (exact) mass is 192 g/mol. The van der Waals surface area contributed by atoms with Gasteiger partial charge in [0.1, 0.15) is 6.20 Å². The van der Waals surface area contributed by atoms with Crippen molar-refractivity contribution in [1.29, 1.82) is 0 Å². The van der Waals surface area contributed by atoms with Gasteiger partial charge in [0.2, 0.25) is 0 Å². The molecule has 0 fully saturated rings. The molecule has 0 aliphatic heterocycles. The second kappa shape index (κ2) is 3.80. The molecule has 0 spiro atoms. The van der Waals surface area contributed by atoms with E-state index >= 15 is 0 Å². The number of hydrogen-bond acceptors (Lipinski definition) is 3. The maximum atomic E-state index is 10.4. The van der Waals surface area contributed by atoms with Crippen LogP contribution >= 0.6 is 12.6 Å². The molecule has 1 aromatic heterocycles. The molecule has 0 aliphatic rings. The predicted molar refractivity (Wildman–Crippen MR) is 30.4 cm³/mol. The largest absolute Gasteiger partial charge is 2.00 e. The Morgan fingerprint density at radius 3 is 2.67 bits per heavy atom. The first-order valence-electron chi connectivity index (χ1n) is 2.04. The van der Waals surface area contributed by atoms with E-state index in [4.69, 9.17) is 0 Å². The second-order valence-corrected chi connectivity index (χ2v) is 1.65. The first-order chi connectivity index (χ1) is 3.80. The minimum absolute atomic E-state index is 0. The Balaban J connectivity index is 0.000000640. The number of nitrogens with zero attached hydrogens (tertiary/aromatic N) is 2. The summed E-state index contributed by atoms with van der Waals surface area (Å²) in [5.41, 5.74) is 0. The smallest absolute Gasteiger partial charge is 0.710 e. The molecular weight excluding hydrogens is 190 g/mol. The van der Waals surface area contributed by atoms with Gasteiger partial charge in [-0.15, -0.1) is 0 Å². The maximum absolute atomic E-state index is 10.4. The van der Waals surface area contributed by atoms with Crippen LogP contribution in [0.1, 0.15) is 0 Å². The summed E-state index contributed by atoms with van der Waals surface area (Å²) in [5.74, 6) is 0. The van der Waals surface area contributed by atoms with Gasteiger partial charge >= 0.3 is 24.6 Å². The van der Waals surface area contributed by atoms with Crippen LogP contribution < -0.4 is 4.73 Å². The van der Waals surface area contributed by atoms with Crippen LogP contribution in [0.4, 0.5) is 0 Å². The summed E-state index contributed by atoms with van der Waals surface area (Å²) in [6.45, 7) is 0. The van der Waals surface area contributed by atoms with Gasteiger partial charge in [0, 0.05) is 6.07 Å². The van der Waals surface area contributed by atoms with Crippen LogP contribution in [-0.2, 0) is 19.5 Å². The molecule has 0 N–H and O–H groups in total. The summed E-state index contributed by atoms with van der Waals surface area (Å²) in [6.07, 6.45) is 2.85. The Labute approximate surface area is 70.9 Å². The third kappa shape index (κ3) is 2.28. The number of rotatable bonds is 0. The van der Waals surface area contributed by atoms with E-state index in [1.807, 2.05) is 0 Å². The topological polar surface area (TPSA) is 39.8 Å². The predicted octanol–water partition coefficient (Wildman–Crippen LogP) is 0.00120. The molecule has 0 atom stereocenters. The zero-order valence-electron chi connectivity index (χ0n) is 4.69. The van der Waals surface area contributed by atoms with Gasteiger partial charge in [-0.25, -0.2) is 4.73 Å². The van der Waals surface area contributed by atoms with Crippen molar-refractivity contribution in [2.75, 3.05) is 0 Å². The Morgan fingerprint density at radius 2 is 2.33 bits per heavy atom. The standard InChI is InChI=1S/C4H4N2OS.Zn/c7-6-3-1-2-5-4(6)8;/h1-3H,(H,5,8);/q;+2. The van der Waals surface area contributed by atoms with Crippen molar-refractivity contribution in [3.8, 4) is 0 Å². The fourth-order valence-electron chi connectivity index (χ4n) is 0.350. The first-order valence-corrected chi connectivity index (χ1v) is 2.48. The minimum Gasteiger partial charge on any atom is -0.710 e. The SMILES string of the molecule is [O-][n+]1cccnc1S.[Zn+2]. The van der Waals surface area contributed by atoms with Crippen molar-refractivity contribution in [1.82, 2.24) is 4.98 Å². The third-order valence-corrected chi connectivity index (χ3v) is 1.01. The summed E-state index contributed by atoms with van der Waals surface area (Å²) in [4.78, 5) is 3.59. The summed E-state index contributed by atoms with van der Waals surface area (Å²) < 4.78 is 0.586. The number of aromatic nitrogens is 2. The Kier molecular flexibility index (Phi) is 3.74. The molecule has 0 bridgehead atoms. The van der Waals surface area contributed by atoms with Gasteiger partial charge in [0.05, 0.1) is 6.20 Å². The molecule has 5 heteroatoms. The summed E-state index contributed by atoms with van der Waals surface area (Å²) in [6, 6.07) is 1.55. The Bertz CT molecular complexity index is 175.